The Labute approximate surface area is 97.2 Å². The predicted molar refractivity (Wildman–Crippen MR) is 59.1 cm³/mol. The van der Waals surface area contributed by atoms with Gasteiger partial charge in [0, 0.05) is 6.20 Å². The van der Waals surface area contributed by atoms with Crippen LogP contribution in [0.5, 0.6) is 0 Å². The van der Waals surface area contributed by atoms with Crippen LogP contribution in [-0.2, 0) is 0 Å². The van der Waals surface area contributed by atoms with Crippen molar-refractivity contribution in [1.82, 2.24) is 19.7 Å². The Balaban J connectivity index is 2.64. The molecule has 3 N–H and O–H groups in total. The number of rotatable bonds is 1. The van der Waals surface area contributed by atoms with Gasteiger partial charge in [-0.15, -0.1) is 5.10 Å². The van der Waals surface area contributed by atoms with Gasteiger partial charge in [-0.3, -0.25) is 4.79 Å². The van der Waals surface area contributed by atoms with Crippen molar-refractivity contribution in [3.05, 3.63) is 32.4 Å². The first-order valence-corrected chi connectivity index (χ1v) is 5.01. The minimum absolute atomic E-state index is 0.0347. The fourth-order valence-electron chi connectivity index (χ4n) is 1.01. The summed E-state index contributed by atoms with van der Waals surface area (Å²) in [4.78, 5) is 17.4. The molecule has 0 aromatic carbocycles. The molecule has 2 rings (SSSR count). The third kappa shape index (κ3) is 1.75. The largest absolute Gasteiger partial charge is 0.381 e. The highest BCUT2D eigenvalue weighted by atomic mass is 79.9. The van der Waals surface area contributed by atoms with Crippen LogP contribution in [0.15, 0.2) is 21.8 Å². The Bertz CT molecular complexity index is 543. The van der Waals surface area contributed by atoms with Gasteiger partial charge in [0.15, 0.2) is 16.7 Å². The zero-order chi connectivity index (χ0) is 11.0. The maximum absolute atomic E-state index is 11.2. The van der Waals surface area contributed by atoms with E-state index in [-0.39, 0.29) is 10.8 Å². The molecule has 0 spiro atoms. The van der Waals surface area contributed by atoms with Crippen molar-refractivity contribution >= 4 is 33.3 Å². The Hall–Kier alpha value is -1.34. The predicted octanol–water partition coefficient (Wildman–Crippen LogP) is 0.954. The van der Waals surface area contributed by atoms with Crippen molar-refractivity contribution in [1.29, 1.82) is 0 Å². The van der Waals surface area contributed by atoms with Crippen LogP contribution in [0.4, 0.5) is 5.82 Å². The maximum atomic E-state index is 11.2. The summed E-state index contributed by atoms with van der Waals surface area (Å²) in [6.07, 6.45) is 2.82. The highest BCUT2D eigenvalue weighted by Gasteiger charge is 2.11. The number of nitrogen functional groups attached to an aromatic ring is 1. The summed E-state index contributed by atoms with van der Waals surface area (Å²) < 4.78 is 1.94. The van der Waals surface area contributed by atoms with Crippen LogP contribution in [0, 0.1) is 0 Å². The summed E-state index contributed by atoms with van der Waals surface area (Å²) in [5.41, 5.74) is 5.11. The summed E-state index contributed by atoms with van der Waals surface area (Å²) >= 11 is 8.96. The minimum atomic E-state index is -0.424. The average Bonchev–Trinajstić information content (AvgIpc) is 2.51. The maximum Gasteiger partial charge on any atom is 0.271 e. The molecule has 2 aromatic heterocycles. The summed E-state index contributed by atoms with van der Waals surface area (Å²) in [5, 5.41) is 3.90. The molecule has 0 radical (unpaired) electrons. The number of aromatic amines is 1. The highest BCUT2D eigenvalue weighted by molar-refractivity contribution is 9.10. The Morgan fingerprint density at radius 3 is 2.93 bits per heavy atom. The van der Waals surface area contributed by atoms with Gasteiger partial charge >= 0.3 is 0 Å². The van der Waals surface area contributed by atoms with Gasteiger partial charge in [0.25, 0.3) is 5.56 Å². The van der Waals surface area contributed by atoms with Crippen LogP contribution in [-0.4, -0.2) is 19.7 Å². The average molecular weight is 291 g/mol. The van der Waals surface area contributed by atoms with Crippen molar-refractivity contribution in [3.8, 4) is 5.82 Å². The highest BCUT2D eigenvalue weighted by Crippen LogP contribution is 2.20. The van der Waals surface area contributed by atoms with Gasteiger partial charge in [0.1, 0.15) is 0 Å². The number of hydrogen-bond donors (Lipinski definition) is 2. The molecule has 15 heavy (non-hydrogen) atoms. The van der Waals surface area contributed by atoms with Gasteiger partial charge < -0.3 is 10.7 Å². The van der Waals surface area contributed by atoms with E-state index in [0.717, 1.165) is 0 Å². The first kappa shape index (κ1) is 10.2. The molecule has 78 valence electrons. The first-order chi connectivity index (χ1) is 7.09. The normalized spacial score (nSPS) is 10.5. The molecule has 0 aliphatic rings. The molecule has 8 heteroatoms. The van der Waals surface area contributed by atoms with E-state index < -0.39 is 5.56 Å². The number of anilines is 1. The third-order valence-corrected chi connectivity index (χ3v) is 2.64. The van der Waals surface area contributed by atoms with Crippen LogP contribution in [0.25, 0.3) is 5.82 Å². The number of nitrogens with one attached hydrogen (secondary N) is 1. The summed E-state index contributed by atoms with van der Waals surface area (Å²) in [6, 6.07) is 0. The van der Waals surface area contributed by atoms with Crippen LogP contribution in [0.1, 0.15) is 0 Å². The second kappa shape index (κ2) is 3.67. The molecule has 0 fully saturated rings. The monoisotopic (exact) mass is 289 g/mol. The molecule has 0 aliphatic carbocycles. The standard InChI is InChI=1S/C7H5BrClN5O/c8-3-1-14(13-5(3)10)6-4(9)7(15)12-2-11-6/h1-2H,(H2,10,13)(H,11,12,15). The van der Waals surface area contributed by atoms with E-state index >= 15 is 0 Å². The smallest absolute Gasteiger partial charge is 0.271 e. The van der Waals surface area contributed by atoms with Gasteiger partial charge in [0.05, 0.1) is 10.8 Å². The lowest BCUT2D eigenvalue weighted by Gasteiger charge is -2.00. The first-order valence-electron chi connectivity index (χ1n) is 3.84. The van der Waals surface area contributed by atoms with Crippen molar-refractivity contribution in [2.75, 3.05) is 5.73 Å². The SMILES string of the molecule is Nc1nn(-c2nc[nH]c(=O)c2Cl)cc1Br. The molecule has 0 amide bonds. The topological polar surface area (TPSA) is 89.6 Å². The molecule has 6 nitrogen and oxygen atoms in total. The zero-order valence-electron chi connectivity index (χ0n) is 7.24. The molecule has 2 heterocycles. The number of halogens is 2. The lowest BCUT2D eigenvalue weighted by molar-refractivity contribution is 0.839. The molecule has 0 saturated heterocycles. The van der Waals surface area contributed by atoms with Crippen LogP contribution >= 0.6 is 27.5 Å². The third-order valence-electron chi connectivity index (χ3n) is 1.69. The summed E-state index contributed by atoms with van der Waals surface area (Å²) in [7, 11) is 0. The van der Waals surface area contributed by atoms with Gasteiger partial charge in [-0.25, -0.2) is 9.67 Å². The molecule has 0 atom stereocenters. The summed E-state index contributed by atoms with van der Waals surface area (Å²) in [6.45, 7) is 0. The van der Waals surface area contributed by atoms with Gasteiger partial charge in [-0.05, 0) is 15.9 Å². The Morgan fingerprint density at radius 2 is 2.33 bits per heavy atom. The molecular weight excluding hydrogens is 285 g/mol. The molecule has 0 saturated carbocycles. The number of nitrogens with zero attached hydrogens (tertiary/aromatic N) is 3. The van der Waals surface area contributed by atoms with E-state index in [9.17, 15) is 4.79 Å². The van der Waals surface area contributed by atoms with Crippen molar-refractivity contribution in [3.63, 3.8) is 0 Å². The number of H-pyrrole nitrogens is 1. The molecule has 0 bridgehead atoms. The second-order valence-corrected chi connectivity index (χ2v) is 3.91. The lowest BCUT2D eigenvalue weighted by Crippen LogP contribution is -2.12. The van der Waals surface area contributed by atoms with E-state index in [1.165, 1.54) is 11.0 Å². The van der Waals surface area contributed by atoms with Gasteiger partial charge in [-0.2, -0.15) is 0 Å². The van der Waals surface area contributed by atoms with E-state index in [4.69, 9.17) is 17.3 Å². The van der Waals surface area contributed by atoms with E-state index in [1.54, 1.807) is 6.20 Å². The molecular formula is C7H5BrClN5O. The van der Waals surface area contributed by atoms with E-state index in [2.05, 4.69) is 31.0 Å². The van der Waals surface area contributed by atoms with Crippen molar-refractivity contribution in [2.24, 2.45) is 0 Å². The zero-order valence-corrected chi connectivity index (χ0v) is 9.58. The number of aromatic nitrogens is 4. The molecule has 0 unspecified atom stereocenters. The Kier molecular flexibility index (Phi) is 2.49. The van der Waals surface area contributed by atoms with Crippen LogP contribution in [0.2, 0.25) is 5.02 Å². The molecule has 2 aromatic rings. The second-order valence-electron chi connectivity index (χ2n) is 2.68. The lowest BCUT2D eigenvalue weighted by atomic mass is 10.5. The molecule has 0 aliphatic heterocycles. The summed E-state index contributed by atoms with van der Waals surface area (Å²) in [5.74, 6) is 0.533. The number of nitrogens with two attached hydrogens (primary N) is 1. The quantitative estimate of drug-likeness (QED) is 0.818. The van der Waals surface area contributed by atoms with Crippen LogP contribution < -0.4 is 11.3 Å². The Morgan fingerprint density at radius 1 is 1.60 bits per heavy atom. The van der Waals surface area contributed by atoms with E-state index in [0.29, 0.717) is 10.3 Å². The van der Waals surface area contributed by atoms with Gasteiger partial charge in [-0.1, -0.05) is 11.6 Å². The van der Waals surface area contributed by atoms with E-state index in [1.807, 2.05) is 0 Å². The van der Waals surface area contributed by atoms with Gasteiger partial charge in [0.2, 0.25) is 0 Å². The minimum Gasteiger partial charge on any atom is -0.381 e. The fourth-order valence-corrected chi connectivity index (χ4v) is 1.47. The fraction of sp³-hybridized carbons (Fsp3) is 0. The number of hydrogen-bond acceptors (Lipinski definition) is 4. The van der Waals surface area contributed by atoms with Crippen molar-refractivity contribution < 1.29 is 0 Å². The van der Waals surface area contributed by atoms with Crippen molar-refractivity contribution in [2.45, 2.75) is 0 Å². The van der Waals surface area contributed by atoms with Crippen LogP contribution in [0.3, 0.4) is 0 Å².